The summed E-state index contributed by atoms with van der Waals surface area (Å²) in [5.74, 6) is 0.660. The molecule has 0 atom stereocenters. The predicted molar refractivity (Wildman–Crippen MR) is 216 cm³/mol. The van der Waals surface area contributed by atoms with E-state index in [1.807, 2.05) is 43.4 Å². The van der Waals surface area contributed by atoms with Crippen molar-refractivity contribution < 1.29 is 4.42 Å². The number of aromatic nitrogens is 4. The first-order valence-electron chi connectivity index (χ1n) is 17.6. The molecule has 10 aromatic rings. The molecule has 0 fully saturated rings. The lowest BCUT2D eigenvalue weighted by Crippen LogP contribution is -2.19. The quantitative estimate of drug-likeness (QED) is 0.181. The summed E-state index contributed by atoms with van der Waals surface area (Å²) in [5.41, 5.74) is 12.4. The maximum absolute atomic E-state index is 12.6. The van der Waals surface area contributed by atoms with Crippen molar-refractivity contribution in [3.63, 3.8) is 0 Å². The molecule has 0 unspecified atom stereocenters. The fraction of sp³-hybridized carbons (Fsp3) is 0.0426. The van der Waals surface area contributed by atoms with E-state index in [2.05, 4.69) is 121 Å². The smallest absolute Gasteiger partial charge is 0.328 e. The van der Waals surface area contributed by atoms with Crippen molar-refractivity contribution in [3.05, 3.63) is 168 Å². The van der Waals surface area contributed by atoms with Gasteiger partial charge in [-0.2, -0.15) is 0 Å². The molecule has 0 aliphatic heterocycles. The second kappa shape index (κ2) is 12.0. The van der Waals surface area contributed by atoms with E-state index in [1.165, 1.54) is 5.39 Å². The molecule has 6 heteroatoms. The number of fused-ring (bicyclic) bond motifs is 6. The summed E-state index contributed by atoms with van der Waals surface area (Å²) in [4.78, 5) is 22.8. The Balaban J connectivity index is 1.08. The molecule has 3 aromatic heterocycles. The van der Waals surface area contributed by atoms with E-state index < -0.39 is 0 Å². The third kappa shape index (κ3) is 5.15. The fourth-order valence-electron chi connectivity index (χ4n) is 7.55. The van der Waals surface area contributed by atoms with E-state index in [4.69, 9.17) is 14.4 Å². The van der Waals surface area contributed by atoms with Crippen molar-refractivity contribution >= 4 is 43.7 Å². The Morgan fingerprint density at radius 1 is 0.453 bits per heavy atom. The van der Waals surface area contributed by atoms with Gasteiger partial charge in [0.25, 0.3) is 0 Å². The Morgan fingerprint density at radius 2 is 1.06 bits per heavy atom. The molecule has 3 heterocycles. The molecule has 0 amide bonds. The second-order valence-electron chi connectivity index (χ2n) is 13.6. The van der Waals surface area contributed by atoms with Gasteiger partial charge in [0.1, 0.15) is 11.2 Å². The van der Waals surface area contributed by atoms with Gasteiger partial charge >= 0.3 is 5.69 Å². The normalized spacial score (nSPS) is 11.7. The van der Waals surface area contributed by atoms with Gasteiger partial charge in [-0.3, -0.25) is 9.13 Å². The highest BCUT2D eigenvalue weighted by molar-refractivity contribution is 6.15. The molecular formula is C47H32N4O2. The average Bonchev–Trinajstić information content (AvgIpc) is 3.71. The summed E-state index contributed by atoms with van der Waals surface area (Å²) in [6, 6.07) is 54.4. The van der Waals surface area contributed by atoms with Gasteiger partial charge < -0.3 is 4.42 Å². The van der Waals surface area contributed by atoms with Crippen molar-refractivity contribution in [2.24, 2.45) is 14.1 Å². The molecule has 0 saturated carbocycles. The van der Waals surface area contributed by atoms with Gasteiger partial charge in [0, 0.05) is 46.9 Å². The second-order valence-corrected chi connectivity index (χ2v) is 13.6. The van der Waals surface area contributed by atoms with Crippen LogP contribution in [-0.4, -0.2) is 19.1 Å². The Hall–Kier alpha value is -7.05. The lowest BCUT2D eigenvalue weighted by molar-refractivity contribution is 0.672. The molecule has 53 heavy (non-hydrogen) atoms. The summed E-state index contributed by atoms with van der Waals surface area (Å²) in [6.45, 7) is 0. The fourth-order valence-corrected chi connectivity index (χ4v) is 7.55. The highest BCUT2D eigenvalue weighted by Crippen LogP contribution is 2.37. The maximum atomic E-state index is 12.6. The Labute approximate surface area is 304 Å². The van der Waals surface area contributed by atoms with Crippen molar-refractivity contribution in [2.75, 3.05) is 0 Å². The molecule has 0 N–H and O–H groups in total. The highest BCUT2D eigenvalue weighted by atomic mass is 16.3. The largest absolute Gasteiger partial charge is 0.455 e. The first-order chi connectivity index (χ1) is 26.0. The average molecular weight is 685 g/mol. The zero-order valence-corrected chi connectivity index (χ0v) is 29.1. The van der Waals surface area contributed by atoms with E-state index in [1.54, 1.807) is 16.2 Å². The van der Waals surface area contributed by atoms with Crippen LogP contribution >= 0.6 is 0 Å². The molecule has 0 saturated heterocycles. The summed E-state index contributed by atoms with van der Waals surface area (Å²) in [6.07, 6.45) is 0. The predicted octanol–water partition coefficient (Wildman–Crippen LogP) is 11.1. The first kappa shape index (κ1) is 30.7. The Kier molecular flexibility index (Phi) is 6.98. The molecular weight excluding hydrogens is 653 g/mol. The molecule has 0 bridgehead atoms. The van der Waals surface area contributed by atoms with E-state index in [9.17, 15) is 4.79 Å². The van der Waals surface area contributed by atoms with Crippen LogP contribution < -0.4 is 5.69 Å². The number of hydrogen-bond acceptors (Lipinski definition) is 4. The van der Waals surface area contributed by atoms with Gasteiger partial charge in [-0.1, -0.05) is 109 Å². The third-order valence-electron chi connectivity index (χ3n) is 10.4. The van der Waals surface area contributed by atoms with Crippen molar-refractivity contribution in [2.45, 2.75) is 0 Å². The number of aryl methyl sites for hydroxylation is 2. The minimum Gasteiger partial charge on any atom is -0.455 e. The molecule has 0 aliphatic carbocycles. The van der Waals surface area contributed by atoms with Crippen LogP contribution in [0.1, 0.15) is 0 Å². The van der Waals surface area contributed by atoms with Crippen LogP contribution in [-0.2, 0) is 14.1 Å². The first-order valence-corrected chi connectivity index (χ1v) is 17.6. The van der Waals surface area contributed by atoms with E-state index in [0.717, 1.165) is 88.7 Å². The van der Waals surface area contributed by atoms with E-state index >= 15 is 0 Å². The number of nitrogens with zero attached hydrogens (tertiary/aromatic N) is 4. The molecule has 0 radical (unpaired) electrons. The minimum absolute atomic E-state index is 0.0406. The van der Waals surface area contributed by atoms with Gasteiger partial charge in [-0.05, 0) is 76.2 Å². The SMILES string of the molecule is Cn1c(=O)n(C)c2cc(-c3cccc(-c4cc(-c5cccc(-c6ccc7oc8c9ccccc9ccc8c7c6)c5)nc(-c5ccccc5)n4)c3)ccc21. The Morgan fingerprint density at radius 3 is 1.81 bits per heavy atom. The number of imidazole rings is 1. The summed E-state index contributed by atoms with van der Waals surface area (Å²) in [5, 5.41) is 4.49. The summed E-state index contributed by atoms with van der Waals surface area (Å²) >= 11 is 0. The summed E-state index contributed by atoms with van der Waals surface area (Å²) < 4.78 is 9.76. The molecule has 0 aliphatic rings. The molecule has 252 valence electrons. The monoisotopic (exact) mass is 684 g/mol. The zero-order chi connectivity index (χ0) is 35.6. The topological polar surface area (TPSA) is 65.8 Å². The van der Waals surface area contributed by atoms with Crippen molar-refractivity contribution in [1.82, 2.24) is 19.1 Å². The van der Waals surface area contributed by atoms with Crippen LogP contribution in [0.5, 0.6) is 0 Å². The zero-order valence-electron chi connectivity index (χ0n) is 29.1. The van der Waals surface area contributed by atoms with Crippen LogP contribution in [0.4, 0.5) is 0 Å². The van der Waals surface area contributed by atoms with Gasteiger partial charge in [0.2, 0.25) is 0 Å². The molecule has 0 spiro atoms. The summed E-state index contributed by atoms with van der Waals surface area (Å²) in [7, 11) is 3.62. The van der Waals surface area contributed by atoms with Crippen LogP contribution in [0.2, 0.25) is 0 Å². The minimum atomic E-state index is -0.0406. The van der Waals surface area contributed by atoms with Crippen LogP contribution in [0.25, 0.3) is 99.9 Å². The number of furan rings is 1. The lowest BCUT2D eigenvalue weighted by atomic mass is 9.98. The number of hydrogen-bond donors (Lipinski definition) is 0. The highest BCUT2D eigenvalue weighted by Gasteiger charge is 2.15. The number of rotatable bonds is 5. The van der Waals surface area contributed by atoms with Gasteiger partial charge in [-0.25, -0.2) is 14.8 Å². The third-order valence-corrected chi connectivity index (χ3v) is 10.4. The van der Waals surface area contributed by atoms with Gasteiger partial charge in [0.15, 0.2) is 5.82 Å². The van der Waals surface area contributed by atoms with Crippen molar-refractivity contribution in [1.29, 1.82) is 0 Å². The standard InChI is InChI=1S/C47H32N4O2/c1-50-42-22-19-34(27-43(42)51(2)47(50)52)32-14-9-16-36(25-32)41-28-40(48-46(49-41)30-11-4-3-5-12-30)35-15-8-13-31(24-35)33-20-23-44-39(26-33)38-21-18-29-10-6-7-17-37(29)45(38)53-44/h3-28H,1-2H3. The van der Waals surface area contributed by atoms with E-state index in [0.29, 0.717) is 5.82 Å². The van der Waals surface area contributed by atoms with Crippen LogP contribution in [0.3, 0.4) is 0 Å². The van der Waals surface area contributed by atoms with Crippen molar-refractivity contribution in [3.8, 4) is 56.2 Å². The molecule has 6 nitrogen and oxygen atoms in total. The molecule has 10 rings (SSSR count). The van der Waals surface area contributed by atoms with E-state index in [-0.39, 0.29) is 5.69 Å². The van der Waals surface area contributed by atoms with Crippen LogP contribution in [0, 0.1) is 0 Å². The number of benzene rings is 7. The van der Waals surface area contributed by atoms with Gasteiger partial charge in [0.05, 0.1) is 22.4 Å². The molecule has 7 aromatic carbocycles. The lowest BCUT2D eigenvalue weighted by Gasteiger charge is -2.12. The van der Waals surface area contributed by atoms with Gasteiger partial charge in [-0.15, -0.1) is 0 Å². The maximum Gasteiger partial charge on any atom is 0.328 e. The van der Waals surface area contributed by atoms with Crippen LogP contribution in [0.15, 0.2) is 167 Å². The Bertz CT molecular complexity index is 3110.